The number of methoxy groups -OCH3 is 1. The molecule has 31 heavy (non-hydrogen) atoms. The van der Waals surface area contributed by atoms with Crippen molar-refractivity contribution in [3.05, 3.63) is 81.0 Å². The van der Waals surface area contributed by atoms with Crippen LogP contribution in [0.2, 0.25) is 0 Å². The minimum atomic E-state index is -4.10. The van der Waals surface area contributed by atoms with Crippen LogP contribution in [0.4, 0.5) is 0 Å². The Hall–Kier alpha value is -2.24. The molecule has 0 bridgehead atoms. The number of rotatable bonds is 9. The molecule has 1 amide bonds. The molecule has 164 valence electrons. The van der Waals surface area contributed by atoms with Crippen molar-refractivity contribution >= 4 is 43.2 Å². The Bertz CT molecular complexity index is 1120. The molecule has 1 aromatic heterocycles. The van der Waals surface area contributed by atoms with E-state index in [0.717, 1.165) is 13.7 Å². The molecular formula is C21H21BrN2O5S2. The molecule has 1 atom stereocenters. The Balaban J connectivity index is 2.07. The van der Waals surface area contributed by atoms with Gasteiger partial charge in [-0.25, -0.2) is 13.9 Å². The Kier molecular flexibility index (Phi) is 7.84. The third-order valence-electron chi connectivity index (χ3n) is 4.63. The zero-order valence-electron chi connectivity index (χ0n) is 16.6. The van der Waals surface area contributed by atoms with Crippen molar-refractivity contribution in [2.75, 3.05) is 7.11 Å². The zero-order valence-corrected chi connectivity index (χ0v) is 19.8. The number of carbonyl (C=O) groups is 1. The Morgan fingerprint density at radius 3 is 2.52 bits per heavy atom. The number of nitrogens with zero attached hydrogens (tertiary/aromatic N) is 1. The number of carbonyl (C=O) groups excluding carboxylic acids is 1. The van der Waals surface area contributed by atoms with Gasteiger partial charge in [0.2, 0.25) is 10.0 Å². The molecule has 0 aliphatic rings. The van der Waals surface area contributed by atoms with E-state index in [9.17, 15) is 18.4 Å². The summed E-state index contributed by atoms with van der Waals surface area (Å²) in [6.45, 7) is -0.0583. The Labute approximate surface area is 193 Å². The van der Waals surface area contributed by atoms with Crippen molar-refractivity contribution < 1.29 is 23.2 Å². The van der Waals surface area contributed by atoms with E-state index in [4.69, 9.17) is 4.74 Å². The summed E-state index contributed by atoms with van der Waals surface area (Å²) in [4.78, 5) is 13.5. The number of hydrogen-bond acceptors (Lipinski definition) is 6. The second-order valence-electron chi connectivity index (χ2n) is 6.63. The van der Waals surface area contributed by atoms with Crippen LogP contribution in [0.15, 0.2) is 75.4 Å². The van der Waals surface area contributed by atoms with Crippen LogP contribution in [0.5, 0.6) is 5.75 Å². The first kappa shape index (κ1) is 23.4. The van der Waals surface area contributed by atoms with Gasteiger partial charge in [-0.2, -0.15) is 4.31 Å². The van der Waals surface area contributed by atoms with Crippen LogP contribution >= 0.6 is 27.3 Å². The second-order valence-corrected chi connectivity index (χ2v) is 10.5. The lowest BCUT2D eigenvalue weighted by molar-refractivity contribution is -0.133. The molecule has 0 radical (unpaired) electrons. The Morgan fingerprint density at radius 2 is 1.94 bits per heavy atom. The number of amides is 1. The fourth-order valence-electron chi connectivity index (χ4n) is 3.08. The number of ether oxygens (including phenoxy) is 1. The number of benzene rings is 2. The standard InChI is InChI=1S/C21H21BrN2O5S2/c1-29-17-7-9-19(10-8-17)31(27,28)24(14-15-4-2-5-16(22)12-15)20(21(25)23-26)13-18-6-3-11-30-18/h2-12,20,26H,13-14H2,1H3,(H,23,25)/t20-/m1/s1. The normalized spacial score (nSPS) is 12.5. The van der Waals surface area contributed by atoms with Crippen molar-refractivity contribution in [3.63, 3.8) is 0 Å². The van der Waals surface area contributed by atoms with Crippen molar-refractivity contribution in [2.45, 2.75) is 23.9 Å². The molecule has 3 aromatic rings. The number of hydroxylamine groups is 1. The van der Waals surface area contributed by atoms with Gasteiger partial charge in [-0.3, -0.25) is 10.0 Å². The highest BCUT2D eigenvalue weighted by Gasteiger charge is 2.36. The van der Waals surface area contributed by atoms with Crippen molar-refractivity contribution in [1.82, 2.24) is 9.79 Å². The minimum absolute atomic E-state index is 0.0187. The van der Waals surface area contributed by atoms with Gasteiger partial charge in [0.25, 0.3) is 5.91 Å². The molecule has 7 nitrogen and oxygen atoms in total. The van der Waals surface area contributed by atoms with E-state index in [1.807, 2.05) is 23.6 Å². The van der Waals surface area contributed by atoms with Gasteiger partial charge in [0.1, 0.15) is 11.8 Å². The maximum atomic E-state index is 13.6. The molecule has 0 fully saturated rings. The van der Waals surface area contributed by atoms with E-state index >= 15 is 0 Å². The largest absolute Gasteiger partial charge is 0.497 e. The lowest BCUT2D eigenvalue weighted by Gasteiger charge is -2.29. The van der Waals surface area contributed by atoms with Gasteiger partial charge < -0.3 is 4.74 Å². The predicted octanol–water partition coefficient (Wildman–Crippen LogP) is 3.83. The fraction of sp³-hybridized carbons (Fsp3) is 0.190. The SMILES string of the molecule is COc1ccc(S(=O)(=O)N(Cc2cccc(Br)c2)[C@H](Cc2cccs2)C(=O)NO)cc1. The second kappa shape index (κ2) is 10.4. The number of nitrogens with one attached hydrogen (secondary N) is 1. The van der Waals surface area contributed by atoms with Crippen LogP contribution in [0, 0.1) is 0 Å². The lowest BCUT2D eigenvalue weighted by atomic mass is 10.1. The smallest absolute Gasteiger partial charge is 0.262 e. The highest BCUT2D eigenvalue weighted by molar-refractivity contribution is 9.10. The van der Waals surface area contributed by atoms with Crippen LogP contribution in [0.3, 0.4) is 0 Å². The number of thiophene rings is 1. The predicted molar refractivity (Wildman–Crippen MR) is 122 cm³/mol. The highest BCUT2D eigenvalue weighted by Crippen LogP contribution is 2.26. The third kappa shape index (κ3) is 5.72. The minimum Gasteiger partial charge on any atom is -0.497 e. The monoisotopic (exact) mass is 524 g/mol. The van der Waals surface area contributed by atoms with Gasteiger partial charge in [-0.1, -0.05) is 34.1 Å². The average Bonchev–Trinajstić information content (AvgIpc) is 3.29. The molecule has 0 saturated heterocycles. The zero-order chi connectivity index (χ0) is 22.4. The molecule has 10 heteroatoms. The van der Waals surface area contributed by atoms with Crippen LogP contribution < -0.4 is 10.2 Å². The number of sulfonamides is 1. The summed E-state index contributed by atoms with van der Waals surface area (Å²) in [6.07, 6.45) is 0.118. The van der Waals surface area contributed by atoms with Gasteiger partial charge in [0.15, 0.2) is 0 Å². The van der Waals surface area contributed by atoms with Crippen molar-refractivity contribution in [2.24, 2.45) is 0 Å². The molecule has 0 aliphatic heterocycles. The van der Waals surface area contributed by atoms with E-state index in [1.54, 1.807) is 35.8 Å². The topological polar surface area (TPSA) is 95.9 Å². The van der Waals surface area contributed by atoms with E-state index in [-0.39, 0.29) is 17.9 Å². The van der Waals surface area contributed by atoms with Gasteiger partial charge in [-0.15, -0.1) is 11.3 Å². The molecule has 2 aromatic carbocycles. The van der Waals surface area contributed by atoms with Gasteiger partial charge in [0.05, 0.1) is 12.0 Å². The molecule has 0 aliphatic carbocycles. The fourth-order valence-corrected chi connectivity index (χ4v) is 5.85. The average molecular weight is 525 g/mol. The molecule has 0 unspecified atom stereocenters. The first-order chi connectivity index (χ1) is 14.8. The maximum Gasteiger partial charge on any atom is 0.262 e. The first-order valence-corrected chi connectivity index (χ1v) is 12.3. The summed E-state index contributed by atoms with van der Waals surface area (Å²) in [5, 5.41) is 11.2. The molecule has 3 rings (SSSR count). The van der Waals surface area contributed by atoms with Crippen LogP contribution in [0.1, 0.15) is 10.4 Å². The molecule has 0 saturated carbocycles. The van der Waals surface area contributed by atoms with Crippen LogP contribution in [0.25, 0.3) is 0 Å². The maximum absolute atomic E-state index is 13.6. The molecule has 1 heterocycles. The van der Waals surface area contributed by atoms with Gasteiger partial charge in [-0.05, 0) is 53.4 Å². The summed E-state index contributed by atoms with van der Waals surface area (Å²) in [6, 6.07) is 15.6. The van der Waals surface area contributed by atoms with Crippen LogP contribution in [-0.2, 0) is 27.8 Å². The molecule has 0 spiro atoms. The van der Waals surface area contributed by atoms with E-state index in [0.29, 0.717) is 11.3 Å². The summed E-state index contributed by atoms with van der Waals surface area (Å²) in [5.41, 5.74) is 2.32. The van der Waals surface area contributed by atoms with E-state index < -0.39 is 22.0 Å². The summed E-state index contributed by atoms with van der Waals surface area (Å²) in [5.74, 6) is -0.291. The molecular weight excluding hydrogens is 504 g/mol. The molecule has 2 N–H and O–H groups in total. The van der Waals surface area contributed by atoms with E-state index in [2.05, 4.69) is 15.9 Å². The van der Waals surface area contributed by atoms with E-state index in [1.165, 1.54) is 30.6 Å². The highest BCUT2D eigenvalue weighted by atomic mass is 79.9. The summed E-state index contributed by atoms with van der Waals surface area (Å²) < 4.78 is 34.3. The number of hydrogen-bond donors (Lipinski definition) is 2. The van der Waals surface area contributed by atoms with Crippen molar-refractivity contribution in [3.8, 4) is 5.75 Å². The Morgan fingerprint density at radius 1 is 1.19 bits per heavy atom. The third-order valence-corrected chi connectivity index (χ3v) is 7.89. The number of halogens is 1. The van der Waals surface area contributed by atoms with Crippen molar-refractivity contribution in [1.29, 1.82) is 0 Å². The van der Waals surface area contributed by atoms with Crippen LogP contribution in [-0.4, -0.2) is 37.0 Å². The summed E-state index contributed by atoms with van der Waals surface area (Å²) in [7, 11) is -2.61. The van der Waals surface area contributed by atoms with Gasteiger partial charge >= 0.3 is 0 Å². The van der Waals surface area contributed by atoms with Gasteiger partial charge in [0, 0.05) is 22.3 Å². The quantitative estimate of drug-likeness (QED) is 0.327. The lowest BCUT2D eigenvalue weighted by Crippen LogP contribution is -2.49. The first-order valence-electron chi connectivity index (χ1n) is 9.22. The summed E-state index contributed by atoms with van der Waals surface area (Å²) >= 11 is 4.80.